The summed E-state index contributed by atoms with van der Waals surface area (Å²) in [4.78, 5) is 26.8. The number of anilines is 2. The fourth-order valence-electron chi connectivity index (χ4n) is 3.43. The van der Waals surface area contributed by atoms with Crippen LogP contribution < -0.4 is 10.6 Å². The molecule has 0 spiro atoms. The predicted molar refractivity (Wildman–Crippen MR) is 107 cm³/mol. The topological polar surface area (TPSA) is 83.0 Å². The molecule has 2 atom stereocenters. The Bertz CT molecular complexity index is 916. The molecule has 3 heterocycles. The van der Waals surface area contributed by atoms with Crippen molar-refractivity contribution in [1.29, 1.82) is 0 Å². The summed E-state index contributed by atoms with van der Waals surface area (Å²) in [6.07, 6.45) is -0.0609. The van der Waals surface area contributed by atoms with Gasteiger partial charge in [0.05, 0.1) is 11.1 Å². The third-order valence-electron chi connectivity index (χ3n) is 5.05. The molecular weight excluding hydrogens is 397 g/mol. The van der Waals surface area contributed by atoms with Crippen molar-refractivity contribution in [3.05, 3.63) is 54.1 Å². The predicted octanol–water partition coefficient (Wildman–Crippen LogP) is 3.86. The van der Waals surface area contributed by atoms with Gasteiger partial charge in [0.2, 0.25) is 5.95 Å². The zero-order chi connectivity index (χ0) is 21.9. The maximum Gasteiger partial charge on any atom is 0.419 e. The zero-order valence-electron chi connectivity index (χ0n) is 16.7. The minimum atomic E-state index is -4.49. The summed E-state index contributed by atoms with van der Waals surface area (Å²) in [7, 11) is 0. The highest BCUT2D eigenvalue weighted by atomic mass is 19.4. The third-order valence-corrected chi connectivity index (χ3v) is 5.05. The van der Waals surface area contributed by atoms with Crippen molar-refractivity contribution in [3.8, 4) is 0 Å². The molecule has 0 saturated carbocycles. The normalized spacial score (nSPS) is 19.3. The van der Waals surface area contributed by atoms with E-state index in [9.17, 15) is 18.0 Å². The van der Waals surface area contributed by atoms with Gasteiger partial charge >= 0.3 is 6.18 Å². The summed E-state index contributed by atoms with van der Waals surface area (Å²) in [5, 5.41) is 5.96. The van der Waals surface area contributed by atoms with Gasteiger partial charge in [-0.25, -0.2) is 15.0 Å². The van der Waals surface area contributed by atoms with Gasteiger partial charge < -0.3 is 15.5 Å². The number of aromatic nitrogens is 3. The third kappa shape index (κ3) is 4.69. The van der Waals surface area contributed by atoms with Gasteiger partial charge in [-0.3, -0.25) is 4.79 Å². The van der Waals surface area contributed by atoms with Gasteiger partial charge in [0.15, 0.2) is 0 Å². The van der Waals surface area contributed by atoms with E-state index in [0.29, 0.717) is 17.9 Å². The van der Waals surface area contributed by atoms with Crippen LogP contribution in [0.2, 0.25) is 0 Å². The highest BCUT2D eigenvalue weighted by Gasteiger charge is 2.34. The maximum absolute atomic E-state index is 13.2. The van der Waals surface area contributed by atoms with Gasteiger partial charge in [-0.1, -0.05) is 6.58 Å². The van der Waals surface area contributed by atoms with E-state index in [-0.39, 0.29) is 23.9 Å². The lowest BCUT2D eigenvalue weighted by molar-refractivity contribution is -0.138. The molecule has 1 aliphatic rings. The van der Waals surface area contributed by atoms with Crippen LogP contribution in [-0.4, -0.2) is 44.4 Å². The van der Waals surface area contributed by atoms with Crippen molar-refractivity contribution in [2.45, 2.75) is 44.9 Å². The second kappa shape index (κ2) is 8.68. The van der Waals surface area contributed by atoms with E-state index in [1.807, 2.05) is 13.8 Å². The minimum absolute atomic E-state index is 0.0974. The fraction of sp³-hybridized carbons (Fsp3) is 0.400. The van der Waals surface area contributed by atoms with E-state index in [1.165, 1.54) is 6.20 Å². The number of carbonyl (C=O) groups excluding carboxylic acids is 1. The first kappa shape index (κ1) is 21.5. The molecule has 160 valence electrons. The highest BCUT2D eigenvalue weighted by Crippen LogP contribution is 2.29. The molecule has 0 radical (unpaired) electrons. The highest BCUT2D eigenvalue weighted by molar-refractivity contribution is 5.99. The lowest BCUT2D eigenvalue weighted by Gasteiger charge is -2.40. The van der Waals surface area contributed by atoms with Crippen LogP contribution in [0.15, 0.2) is 37.3 Å². The lowest BCUT2D eigenvalue weighted by atomic mass is 9.96. The summed E-state index contributed by atoms with van der Waals surface area (Å²) >= 11 is 0. The zero-order valence-corrected chi connectivity index (χ0v) is 16.7. The number of rotatable bonds is 5. The Hall–Kier alpha value is -3.17. The molecule has 1 fully saturated rings. The van der Waals surface area contributed by atoms with Crippen LogP contribution in [-0.2, 0) is 6.18 Å². The van der Waals surface area contributed by atoms with Crippen LogP contribution in [0.5, 0.6) is 0 Å². The van der Waals surface area contributed by atoms with Crippen LogP contribution in [0.3, 0.4) is 0 Å². The number of pyridine rings is 1. The summed E-state index contributed by atoms with van der Waals surface area (Å²) < 4.78 is 38.1. The molecule has 7 nitrogen and oxygen atoms in total. The van der Waals surface area contributed by atoms with Crippen LogP contribution in [0.1, 0.15) is 41.4 Å². The molecule has 2 aromatic rings. The average Bonchev–Trinajstić information content (AvgIpc) is 2.69. The summed E-state index contributed by atoms with van der Waals surface area (Å²) in [5.74, 6) is 0.350. The minimum Gasteiger partial charge on any atom is -0.349 e. The molecule has 10 heteroatoms. The largest absolute Gasteiger partial charge is 0.419 e. The fourth-order valence-corrected chi connectivity index (χ4v) is 3.43. The van der Waals surface area contributed by atoms with Gasteiger partial charge in [-0.05, 0) is 45.0 Å². The second-order valence-corrected chi connectivity index (χ2v) is 7.12. The number of piperidine rings is 1. The Kier molecular flexibility index (Phi) is 6.23. The monoisotopic (exact) mass is 420 g/mol. The molecule has 0 aromatic carbocycles. The quantitative estimate of drug-likeness (QED) is 0.764. The number of aryl methyl sites for hydroxylation is 1. The Morgan fingerprint density at radius 1 is 1.30 bits per heavy atom. The molecule has 0 unspecified atom stereocenters. The van der Waals surface area contributed by atoms with Crippen LogP contribution >= 0.6 is 0 Å². The first-order chi connectivity index (χ1) is 14.2. The van der Waals surface area contributed by atoms with Gasteiger partial charge in [0.25, 0.3) is 5.91 Å². The average molecular weight is 420 g/mol. The standard InChI is InChI=1S/C20H23F3N6O/c1-4-24-17-15(8-7-12(2)27-17)18(30)29-9-5-6-16(13(29)3)28-19-25-10-14(11-26-19)20(21,22)23/h4,7-8,10-11,13,16H,1,5-6,9H2,2-3H3,(H,24,27)(H,25,26,28)/t13-,16+/m0/s1. The van der Waals surface area contributed by atoms with Crippen molar-refractivity contribution in [1.82, 2.24) is 19.9 Å². The molecule has 1 aliphatic heterocycles. The number of hydrogen-bond donors (Lipinski definition) is 2. The summed E-state index contributed by atoms with van der Waals surface area (Å²) in [5.41, 5.74) is 0.288. The van der Waals surface area contributed by atoms with Gasteiger partial charge in [-0.2, -0.15) is 13.2 Å². The SMILES string of the molecule is C=CNc1nc(C)ccc1C(=O)N1CCC[C@@H](Nc2ncc(C(F)(F)F)cn2)[C@@H]1C. The van der Waals surface area contributed by atoms with E-state index in [1.54, 1.807) is 17.0 Å². The molecule has 2 N–H and O–H groups in total. The molecule has 0 bridgehead atoms. The number of nitrogens with zero attached hydrogens (tertiary/aromatic N) is 4. The van der Waals surface area contributed by atoms with Crippen LogP contribution in [0.4, 0.5) is 24.9 Å². The molecule has 2 aromatic heterocycles. The number of alkyl halides is 3. The van der Waals surface area contributed by atoms with Gasteiger partial charge in [-0.15, -0.1) is 0 Å². The number of halogens is 3. The molecular formula is C20H23F3N6O. The van der Waals surface area contributed by atoms with Crippen molar-refractivity contribution in [2.75, 3.05) is 17.2 Å². The number of carbonyl (C=O) groups is 1. The van der Waals surface area contributed by atoms with E-state index >= 15 is 0 Å². The molecule has 30 heavy (non-hydrogen) atoms. The van der Waals surface area contributed by atoms with Crippen LogP contribution in [0.25, 0.3) is 0 Å². The van der Waals surface area contributed by atoms with Crippen molar-refractivity contribution >= 4 is 17.7 Å². The van der Waals surface area contributed by atoms with E-state index in [0.717, 1.165) is 30.9 Å². The molecule has 0 aliphatic carbocycles. The first-order valence-electron chi connectivity index (χ1n) is 9.52. The van der Waals surface area contributed by atoms with E-state index in [4.69, 9.17) is 0 Å². The maximum atomic E-state index is 13.2. The van der Waals surface area contributed by atoms with E-state index in [2.05, 4.69) is 32.2 Å². The number of nitrogens with one attached hydrogen (secondary N) is 2. The second-order valence-electron chi connectivity index (χ2n) is 7.12. The number of likely N-dealkylation sites (tertiary alicyclic amines) is 1. The van der Waals surface area contributed by atoms with Crippen molar-refractivity contribution in [2.24, 2.45) is 0 Å². The first-order valence-corrected chi connectivity index (χ1v) is 9.52. The smallest absolute Gasteiger partial charge is 0.349 e. The van der Waals surface area contributed by atoms with Crippen LogP contribution in [0, 0.1) is 6.92 Å². The Morgan fingerprint density at radius 3 is 2.63 bits per heavy atom. The van der Waals surface area contributed by atoms with Gasteiger partial charge in [0, 0.05) is 36.7 Å². The Balaban J connectivity index is 1.76. The number of amides is 1. The Morgan fingerprint density at radius 2 is 2.00 bits per heavy atom. The summed E-state index contributed by atoms with van der Waals surface area (Å²) in [6, 6.07) is 3.06. The summed E-state index contributed by atoms with van der Waals surface area (Å²) in [6.45, 7) is 7.91. The van der Waals surface area contributed by atoms with Crippen molar-refractivity contribution < 1.29 is 18.0 Å². The van der Waals surface area contributed by atoms with Gasteiger partial charge in [0.1, 0.15) is 5.82 Å². The number of hydrogen-bond acceptors (Lipinski definition) is 6. The van der Waals surface area contributed by atoms with E-state index < -0.39 is 11.7 Å². The Labute approximate surface area is 172 Å². The van der Waals surface area contributed by atoms with Crippen molar-refractivity contribution in [3.63, 3.8) is 0 Å². The lowest BCUT2D eigenvalue weighted by Crippen LogP contribution is -2.52. The molecule has 1 saturated heterocycles. The molecule has 1 amide bonds. The molecule has 3 rings (SSSR count).